The van der Waals surface area contributed by atoms with Crippen molar-refractivity contribution in [2.75, 3.05) is 0 Å². The molecule has 28 heavy (non-hydrogen) atoms. The number of aliphatic carboxylic acids is 2. The zero-order valence-electron chi connectivity index (χ0n) is 16.2. The number of carbonyl (C=O) groups is 2. The quantitative estimate of drug-likeness (QED) is 0.549. The van der Waals surface area contributed by atoms with Gasteiger partial charge in [-0.15, -0.1) is 0 Å². The van der Waals surface area contributed by atoms with Crippen molar-refractivity contribution >= 4 is 11.9 Å². The summed E-state index contributed by atoms with van der Waals surface area (Å²) in [7, 11) is 0. The van der Waals surface area contributed by atoms with E-state index in [1.54, 1.807) is 12.1 Å². The Hall–Kier alpha value is -2.86. The number of hydrogen-bond donors (Lipinski definition) is 3. The van der Waals surface area contributed by atoms with Crippen LogP contribution in [0.2, 0.25) is 0 Å². The Kier molecular flexibility index (Phi) is 8.02. The molecule has 0 aliphatic heterocycles. The minimum Gasteiger partial charge on any atom is -0.489 e. The van der Waals surface area contributed by atoms with Gasteiger partial charge in [-0.2, -0.15) is 0 Å². The minimum absolute atomic E-state index is 0.137. The molecule has 2 aromatic carbocycles. The Labute approximate surface area is 165 Å². The molecule has 6 heteroatoms. The highest BCUT2D eigenvalue weighted by Gasteiger charge is 2.26. The van der Waals surface area contributed by atoms with Crippen molar-refractivity contribution in [3.05, 3.63) is 65.7 Å². The van der Waals surface area contributed by atoms with Crippen molar-refractivity contribution in [3.8, 4) is 5.75 Å². The summed E-state index contributed by atoms with van der Waals surface area (Å²) in [6, 6.07) is 15.1. The Morgan fingerprint density at radius 2 is 1.57 bits per heavy atom. The van der Waals surface area contributed by atoms with Crippen LogP contribution < -0.4 is 10.1 Å². The molecular formula is C22H27NO5. The van der Waals surface area contributed by atoms with Crippen LogP contribution in [0.25, 0.3) is 0 Å². The SMILES string of the molecule is CC(C)C[C@H](N[C@@H](Cc1cccc(OCc2ccccc2)c1)C(=O)O)C(=O)O. The molecule has 0 spiro atoms. The van der Waals surface area contributed by atoms with Gasteiger partial charge >= 0.3 is 11.9 Å². The second kappa shape index (κ2) is 10.5. The van der Waals surface area contributed by atoms with Crippen LogP contribution in [-0.2, 0) is 22.6 Å². The number of carboxylic acid groups (broad SMARTS) is 2. The molecule has 0 saturated carbocycles. The number of nitrogens with one attached hydrogen (secondary N) is 1. The molecular weight excluding hydrogens is 358 g/mol. The first kappa shape index (κ1) is 21.4. The number of rotatable bonds is 11. The van der Waals surface area contributed by atoms with Gasteiger partial charge in [0.15, 0.2) is 0 Å². The first-order chi connectivity index (χ1) is 13.3. The smallest absolute Gasteiger partial charge is 0.321 e. The van der Waals surface area contributed by atoms with E-state index in [2.05, 4.69) is 5.32 Å². The third kappa shape index (κ3) is 7.04. The van der Waals surface area contributed by atoms with Crippen LogP contribution in [0.3, 0.4) is 0 Å². The minimum atomic E-state index is -1.08. The van der Waals surface area contributed by atoms with Gasteiger partial charge in [0.05, 0.1) is 0 Å². The van der Waals surface area contributed by atoms with E-state index in [0.29, 0.717) is 18.8 Å². The molecule has 0 radical (unpaired) electrons. The lowest BCUT2D eigenvalue weighted by Gasteiger charge is -2.22. The lowest BCUT2D eigenvalue weighted by atomic mass is 10.0. The first-order valence-corrected chi connectivity index (χ1v) is 9.32. The van der Waals surface area contributed by atoms with E-state index >= 15 is 0 Å². The Morgan fingerprint density at radius 1 is 0.929 bits per heavy atom. The maximum Gasteiger partial charge on any atom is 0.321 e. The van der Waals surface area contributed by atoms with Crippen molar-refractivity contribution in [2.24, 2.45) is 5.92 Å². The highest BCUT2D eigenvalue weighted by atomic mass is 16.5. The Balaban J connectivity index is 2.04. The number of carboxylic acids is 2. The number of benzene rings is 2. The molecule has 3 N–H and O–H groups in total. The highest BCUT2D eigenvalue weighted by molar-refractivity contribution is 5.77. The van der Waals surface area contributed by atoms with Crippen molar-refractivity contribution < 1.29 is 24.5 Å². The van der Waals surface area contributed by atoms with Crippen LogP contribution in [0.15, 0.2) is 54.6 Å². The van der Waals surface area contributed by atoms with Crippen LogP contribution >= 0.6 is 0 Å². The van der Waals surface area contributed by atoms with Gasteiger partial charge in [-0.25, -0.2) is 0 Å². The Bertz CT molecular complexity index is 776. The monoisotopic (exact) mass is 385 g/mol. The fraction of sp³-hybridized carbons (Fsp3) is 0.364. The summed E-state index contributed by atoms with van der Waals surface area (Å²) in [4.78, 5) is 23.1. The van der Waals surface area contributed by atoms with E-state index in [1.165, 1.54) is 0 Å². The Morgan fingerprint density at radius 3 is 2.18 bits per heavy atom. The van der Waals surface area contributed by atoms with Crippen molar-refractivity contribution in [1.82, 2.24) is 5.32 Å². The van der Waals surface area contributed by atoms with Gasteiger partial charge < -0.3 is 14.9 Å². The summed E-state index contributed by atoms with van der Waals surface area (Å²) >= 11 is 0. The molecule has 2 atom stereocenters. The average Bonchev–Trinajstić information content (AvgIpc) is 2.66. The second-order valence-electron chi connectivity index (χ2n) is 7.20. The predicted octanol–water partition coefficient (Wildman–Crippen LogP) is 3.35. The lowest BCUT2D eigenvalue weighted by Crippen LogP contribution is -2.48. The maximum atomic E-state index is 11.7. The third-order valence-corrected chi connectivity index (χ3v) is 4.29. The molecule has 6 nitrogen and oxygen atoms in total. The first-order valence-electron chi connectivity index (χ1n) is 9.32. The van der Waals surface area contributed by atoms with Crippen molar-refractivity contribution in [2.45, 2.75) is 45.4 Å². The summed E-state index contributed by atoms with van der Waals surface area (Å²) in [5.41, 5.74) is 1.80. The normalized spacial score (nSPS) is 13.1. The molecule has 150 valence electrons. The zero-order chi connectivity index (χ0) is 20.5. The molecule has 0 fully saturated rings. The molecule has 0 aliphatic rings. The highest BCUT2D eigenvalue weighted by Crippen LogP contribution is 2.17. The molecule has 0 heterocycles. The fourth-order valence-corrected chi connectivity index (χ4v) is 2.91. The third-order valence-electron chi connectivity index (χ3n) is 4.29. The lowest BCUT2D eigenvalue weighted by molar-refractivity contribution is -0.142. The van der Waals surface area contributed by atoms with Crippen LogP contribution in [0, 0.1) is 5.92 Å². The van der Waals surface area contributed by atoms with E-state index < -0.39 is 24.0 Å². The average molecular weight is 385 g/mol. The van der Waals surface area contributed by atoms with Gasteiger partial charge in [0.25, 0.3) is 0 Å². The molecule has 0 saturated heterocycles. The number of ether oxygens (including phenoxy) is 1. The second-order valence-corrected chi connectivity index (χ2v) is 7.20. The van der Waals surface area contributed by atoms with Crippen molar-refractivity contribution in [3.63, 3.8) is 0 Å². The topological polar surface area (TPSA) is 95.9 Å². The molecule has 0 aromatic heterocycles. The van der Waals surface area contributed by atoms with Crippen LogP contribution in [0.5, 0.6) is 5.75 Å². The van der Waals surface area contributed by atoms with Gasteiger partial charge in [0.2, 0.25) is 0 Å². The molecule has 0 unspecified atom stereocenters. The van der Waals surface area contributed by atoms with E-state index in [1.807, 2.05) is 56.3 Å². The largest absolute Gasteiger partial charge is 0.489 e. The molecule has 0 amide bonds. The van der Waals surface area contributed by atoms with Gasteiger partial charge in [-0.3, -0.25) is 14.9 Å². The summed E-state index contributed by atoms with van der Waals surface area (Å²) in [6.45, 7) is 4.22. The van der Waals surface area contributed by atoms with E-state index in [9.17, 15) is 19.8 Å². The molecule has 2 aromatic rings. The van der Waals surface area contributed by atoms with Crippen molar-refractivity contribution in [1.29, 1.82) is 0 Å². The molecule has 0 aliphatic carbocycles. The standard InChI is InChI=1S/C22H27NO5/c1-15(2)11-19(21(24)25)23-20(22(26)27)13-17-9-6-10-18(12-17)28-14-16-7-4-3-5-8-16/h3-10,12,15,19-20,23H,11,13-14H2,1-2H3,(H,24,25)(H,26,27)/t19-,20-/m0/s1. The van der Waals surface area contributed by atoms with E-state index in [-0.39, 0.29) is 12.3 Å². The number of hydrogen-bond acceptors (Lipinski definition) is 4. The zero-order valence-corrected chi connectivity index (χ0v) is 16.2. The fourth-order valence-electron chi connectivity index (χ4n) is 2.91. The summed E-state index contributed by atoms with van der Waals surface area (Å²) in [5, 5.41) is 21.7. The summed E-state index contributed by atoms with van der Waals surface area (Å²) in [5.74, 6) is -1.34. The summed E-state index contributed by atoms with van der Waals surface area (Å²) < 4.78 is 5.78. The van der Waals surface area contributed by atoms with E-state index in [0.717, 1.165) is 11.1 Å². The van der Waals surface area contributed by atoms with E-state index in [4.69, 9.17) is 4.74 Å². The van der Waals surface area contributed by atoms with Gasteiger partial charge in [0.1, 0.15) is 24.4 Å². The van der Waals surface area contributed by atoms with Gasteiger partial charge in [-0.1, -0.05) is 56.3 Å². The van der Waals surface area contributed by atoms with Gasteiger partial charge in [0, 0.05) is 0 Å². The van der Waals surface area contributed by atoms with Gasteiger partial charge in [-0.05, 0) is 42.0 Å². The summed E-state index contributed by atoms with van der Waals surface area (Å²) in [6.07, 6.45) is 0.527. The predicted molar refractivity (Wildman–Crippen MR) is 106 cm³/mol. The van der Waals surface area contributed by atoms with Crippen LogP contribution in [0.4, 0.5) is 0 Å². The maximum absolute atomic E-state index is 11.7. The van der Waals surface area contributed by atoms with Crippen LogP contribution in [-0.4, -0.2) is 34.2 Å². The molecule has 0 bridgehead atoms. The molecule has 2 rings (SSSR count). The van der Waals surface area contributed by atoms with Crippen LogP contribution in [0.1, 0.15) is 31.4 Å².